The molecule has 5 heteroatoms. The number of benzene rings is 1. The molecular formula is C12H8ClFO3. The van der Waals surface area contributed by atoms with Gasteiger partial charge in [-0.25, -0.2) is 4.39 Å². The average molecular weight is 255 g/mol. The molecule has 0 saturated heterocycles. The molecule has 0 unspecified atom stereocenters. The zero-order valence-corrected chi connectivity index (χ0v) is 9.41. The number of halogens is 2. The number of carbonyl (C=O) groups excluding carboxylic acids is 1. The van der Waals surface area contributed by atoms with Gasteiger partial charge in [-0.1, -0.05) is 0 Å². The largest absolute Gasteiger partial charge is 0.434 e. The van der Waals surface area contributed by atoms with Crippen LogP contribution in [0.3, 0.4) is 0 Å². The van der Waals surface area contributed by atoms with Crippen molar-refractivity contribution in [3.05, 3.63) is 48.0 Å². The quantitative estimate of drug-likeness (QED) is 0.618. The molecule has 88 valence electrons. The summed E-state index contributed by atoms with van der Waals surface area (Å²) < 4.78 is 23.6. The molecule has 0 radical (unpaired) electrons. The summed E-state index contributed by atoms with van der Waals surface area (Å²) in [5.41, 5.74) is -0.0935. The van der Waals surface area contributed by atoms with Crippen LogP contribution in [0.2, 0.25) is 0 Å². The number of hydrogen-bond acceptors (Lipinski definition) is 3. The lowest BCUT2D eigenvalue weighted by Gasteiger charge is -2.04. The molecule has 0 aliphatic rings. The third-order valence-corrected chi connectivity index (χ3v) is 2.32. The Bertz CT molecular complexity index is 523. The Hall–Kier alpha value is -1.81. The Labute approximate surface area is 102 Å². The van der Waals surface area contributed by atoms with Crippen molar-refractivity contribution >= 4 is 17.4 Å². The Morgan fingerprint density at radius 3 is 2.88 bits per heavy atom. The number of ketones is 1. The molecule has 3 nitrogen and oxygen atoms in total. The molecule has 0 fully saturated rings. The van der Waals surface area contributed by atoms with Crippen LogP contribution in [0, 0.1) is 5.82 Å². The number of alkyl halides is 1. The van der Waals surface area contributed by atoms with Crippen LogP contribution in [-0.4, -0.2) is 11.7 Å². The zero-order valence-electron chi connectivity index (χ0n) is 8.65. The third kappa shape index (κ3) is 2.65. The van der Waals surface area contributed by atoms with E-state index in [1.807, 2.05) is 0 Å². The summed E-state index contributed by atoms with van der Waals surface area (Å²) in [5, 5.41) is 0. The molecule has 0 N–H and O–H groups in total. The maximum atomic E-state index is 13.3. The van der Waals surface area contributed by atoms with E-state index >= 15 is 0 Å². The van der Waals surface area contributed by atoms with E-state index in [9.17, 15) is 9.18 Å². The lowest BCUT2D eigenvalue weighted by atomic mass is 10.1. The van der Waals surface area contributed by atoms with Crippen LogP contribution in [0.1, 0.15) is 10.4 Å². The average Bonchev–Trinajstić information content (AvgIpc) is 2.83. The molecule has 2 rings (SSSR count). The van der Waals surface area contributed by atoms with Gasteiger partial charge in [0.25, 0.3) is 5.95 Å². The summed E-state index contributed by atoms with van der Waals surface area (Å²) in [6.07, 6.45) is 1.45. The minimum Gasteiger partial charge on any atom is -0.434 e. The first kappa shape index (κ1) is 11.7. The molecule has 0 atom stereocenters. The maximum absolute atomic E-state index is 13.3. The Morgan fingerprint density at radius 1 is 1.41 bits per heavy atom. The molecule has 2 aromatic rings. The predicted molar refractivity (Wildman–Crippen MR) is 60.2 cm³/mol. The van der Waals surface area contributed by atoms with Gasteiger partial charge >= 0.3 is 0 Å². The van der Waals surface area contributed by atoms with Crippen molar-refractivity contribution in [1.82, 2.24) is 0 Å². The minimum absolute atomic E-state index is 0.0935. The molecule has 0 aliphatic heterocycles. The highest BCUT2D eigenvalue weighted by atomic mass is 35.5. The van der Waals surface area contributed by atoms with Crippen molar-refractivity contribution in [2.45, 2.75) is 0 Å². The van der Waals surface area contributed by atoms with E-state index in [0.29, 0.717) is 5.75 Å². The molecule has 1 aromatic carbocycles. The molecule has 1 heterocycles. The van der Waals surface area contributed by atoms with E-state index in [1.54, 1.807) is 12.1 Å². The Balaban J connectivity index is 2.28. The van der Waals surface area contributed by atoms with Crippen molar-refractivity contribution in [3.63, 3.8) is 0 Å². The highest BCUT2D eigenvalue weighted by Crippen LogP contribution is 2.24. The highest BCUT2D eigenvalue weighted by Gasteiger charge is 2.12. The van der Waals surface area contributed by atoms with Crippen molar-refractivity contribution in [2.75, 3.05) is 5.88 Å². The number of furan rings is 1. The topological polar surface area (TPSA) is 39.4 Å². The van der Waals surface area contributed by atoms with E-state index in [4.69, 9.17) is 20.8 Å². The van der Waals surface area contributed by atoms with E-state index < -0.39 is 11.6 Å². The first-order valence-electron chi connectivity index (χ1n) is 4.81. The van der Waals surface area contributed by atoms with Crippen molar-refractivity contribution in [3.8, 4) is 11.7 Å². The number of Topliss-reactive ketones (excluding diaryl/α,β-unsaturated/α-hetero) is 1. The van der Waals surface area contributed by atoms with Crippen LogP contribution in [0.15, 0.2) is 41.0 Å². The maximum Gasteiger partial charge on any atom is 0.289 e. The van der Waals surface area contributed by atoms with Crippen LogP contribution in [0.4, 0.5) is 4.39 Å². The predicted octanol–water partition coefficient (Wildman–Crippen LogP) is 3.63. The van der Waals surface area contributed by atoms with E-state index in [1.165, 1.54) is 18.4 Å². The zero-order chi connectivity index (χ0) is 12.3. The van der Waals surface area contributed by atoms with Crippen molar-refractivity contribution in [2.24, 2.45) is 0 Å². The fourth-order valence-electron chi connectivity index (χ4n) is 1.29. The SMILES string of the molecule is O=C(CCl)c1cc(Oc2ccco2)ccc1F. The first-order chi connectivity index (χ1) is 8.20. The van der Waals surface area contributed by atoms with Gasteiger partial charge in [0, 0.05) is 6.07 Å². The molecule has 17 heavy (non-hydrogen) atoms. The Morgan fingerprint density at radius 2 is 2.24 bits per heavy atom. The summed E-state index contributed by atoms with van der Waals surface area (Å²) in [6.45, 7) is 0. The van der Waals surface area contributed by atoms with Crippen LogP contribution in [0.25, 0.3) is 0 Å². The fraction of sp³-hybridized carbons (Fsp3) is 0.0833. The van der Waals surface area contributed by atoms with E-state index in [-0.39, 0.29) is 17.4 Å². The molecule has 0 bridgehead atoms. The third-order valence-electron chi connectivity index (χ3n) is 2.07. The van der Waals surface area contributed by atoms with Gasteiger partial charge in [0.15, 0.2) is 5.78 Å². The van der Waals surface area contributed by atoms with Gasteiger partial charge in [0.05, 0.1) is 17.7 Å². The van der Waals surface area contributed by atoms with Gasteiger partial charge in [0.1, 0.15) is 11.6 Å². The normalized spacial score (nSPS) is 10.2. The van der Waals surface area contributed by atoms with Crippen LogP contribution in [-0.2, 0) is 0 Å². The van der Waals surface area contributed by atoms with Gasteiger partial charge in [0.2, 0.25) is 0 Å². The molecule has 0 amide bonds. The van der Waals surface area contributed by atoms with Gasteiger partial charge in [-0.3, -0.25) is 4.79 Å². The summed E-state index contributed by atoms with van der Waals surface area (Å²) in [5.74, 6) is -0.812. The van der Waals surface area contributed by atoms with E-state index in [0.717, 1.165) is 6.07 Å². The monoisotopic (exact) mass is 254 g/mol. The second-order valence-corrected chi connectivity index (χ2v) is 3.50. The van der Waals surface area contributed by atoms with Gasteiger partial charge in [-0.05, 0) is 24.3 Å². The van der Waals surface area contributed by atoms with Crippen molar-refractivity contribution < 1.29 is 18.3 Å². The molecule has 0 spiro atoms. The summed E-state index contributed by atoms with van der Waals surface area (Å²) in [4.78, 5) is 11.3. The smallest absolute Gasteiger partial charge is 0.289 e. The second kappa shape index (κ2) is 5.01. The fourth-order valence-corrected chi connectivity index (χ4v) is 1.44. The lowest BCUT2D eigenvalue weighted by molar-refractivity contribution is 0.101. The number of hydrogen-bond donors (Lipinski definition) is 0. The second-order valence-electron chi connectivity index (χ2n) is 3.23. The van der Waals surface area contributed by atoms with Crippen LogP contribution in [0.5, 0.6) is 11.7 Å². The Kier molecular flexibility index (Phi) is 3.44. The highest BCUT2D eigenvalue weighted by molar-refractivity contribution is 6.30. The lowest BCUT2D eigenvalue weighted by Crippen LogP contribution is -2.03. The van der Waals surface area contributed by atoms with Gasteiger partial charge in [-0.15, -0.1) is 11.6 Å². The van der Waals surface area contributed by atoms with E-state index in [2.05, 4.69) is 0 Å². The first-order valence-corrected chi connectivity index (χ1v) is 5.34. The standard InChI is InChI=1S/C12H8ClFO3/c13-7-11(15)9-6-8(3-4-10(9)14)17-12-2-1-5-16-12/h1-6H,7H2. The van der Waals surface area contributed by atoms with Crippen molar-refractivity contribution in [1.29, 1.82) is 0 Å². The molecule has 1 aromatic heterocycles. The minimum atomic E-state index is -0.623. The number of rotatable bonds is 4. The number of carbonyl (C=O) groups is 1. The van der Waals surface area contributed by atoms with Gasteiger partial charge in [-0.2, -0.15) is 0 Å². The summed E-state index contributed by atoms with van der Waals surface area (Å²) in [6, 6.07) is 7.11. The summed E-state index contributed by atoms with van der Waals surface area (Å²) >= 11 is 5.38. The van der Waals surface area contributed by atoms with Gasteiger partial charge < -0.3 is 9.15 Å². The molecule has 0 aliphatic carbocycles. The molecule has 0 saturated carbocycles. The van der Waals surface area contributed by atoms with Crippen LogP contribution < -0.4 is 4.74 Å². The number of ether oxygens (including phenoxy) is 1. The van der Waals surface area contributed by atoms with Crippen LogP contribution >= 0.6 is 11.6 Å². The summed E-state index contributed by atoms with van der Waals surface area (Å²) in [7, 11) is 0. The molecular weight excluding hydrogens is 247 g/mol.